The second-order valence-electron chi connectivity index (χ2n) is 16.0. The molecule has 1 aliphatic rings. The van der Waals surface area contributed by atoms with Crippen molar-refractivity contribution >= 4 is 65.0 Å². The Bertz CT molecular complexity index is 3370. The second kappa shape index (κ2) is 11.5. The van der Waals surface area contributed by atoms with E-state index >= 15 is 0 Å². The van der Waals surface area contributed by atoms with Crippen molar-refractivity contribution in [1.82, 2.24) is 0 Å². The lowest BCUT2D eigenvalue weighted by Gasteiger charge is -2.25. The average molecular weight is 713 g/mol. The van der Waals surface area contributed by atoms with E-state index in [1.807, 2.05) is 0 Å². The van der Waals surface area contributed by atoms with Gasteiger partial charge in [-0.05, 0) is 112 Å². The Morgan fingerprint density at radius 1 is 0.375 bits per heavy atom. The predicted octanol–water partition coefficient (Wildman–Crippen LogP) is 15.5. The van der Waals surface area contributed by atoms with E-state index in [9.17, 15) is 0 Å². The number of fused-ring (bicyclic) bond motifs is 12. The highest BCUT2D eigenvalue weighted by molar-refractivity contribution is 6.23. The van der Waals surface area contributed by atoms with Crippen LogP contribution < -0.4 is 0 Å². The summed E-state index contributed by atoms with van der Waals surface area (Å²) in [5.74, 6) is 0. The molecular formula is C55H36O. The molecule has 11 aromatic rings. The minimum absolute atomic E-state index is 0.195. The van der Waals surface area contributed by atoms with Gasteiger partial charge in [-0.2, -0.15) is 0 Å². The molecule has 262 valence electrons. The third kappa shape index (κ3) is 4.31. The van der Waals surface area contributed by atoms with Crippen LogP contribution in [0.5, 0.6) is 0 Å². The molecule has 12 rings (SSSR count). The van der Waals surface area contributed by atoms with E-state index in [4.69, 9.17) is 4.42 Å². The summed E-state index contributed by atoms with van der Waals surface area (Å²) < 4.78 is 6.90. The fourth-order valence-corrected chi connectivity index (χ4v) is 10.1. The lowest BCUT2D eigenvalue weighted by molar-refractivity contribution is 0.659. The number of benzene rings is 10. The van der Waals surface area contributed by atoms with E-state index in [2.05, 4.69) is 196 Å². The van der Waals surface area contributed by atoms with Crippen molar-refractivity contribution in [2.24, 2.45) is 0 Å². The monoisotopic (exact) mass is 712 g/mol. The van der Waals surface area contributed by atoms with E-state index in [1.54, 1.807) is 0 Å². The van der Waals surface area contributed by atoms with Gasteiger partial charge in [0, 0.05) is 21.6 Å². The van der Waals surface area contributed by atoms with Crippen LogP contribution in [0.25, 0.3) is 110 Å². The molecule has 0 radical (unpaired) electrons. The van der Waals surface area contributed by atoms with Crippen molar-refractivity contribution in [2.45, 2.75) is 19.3 Å². The molecule has 0 fully saturated rings. The number of hydrogen-bond acceptors (Lipinski definition) is 1. The molecule has 0 bridgehead atoms. The van der Waals surface area contributed by atoms with Crippen LogP contribution >= 0.6 is 0 Å². The van der Waals surface area contributed by atoms with Gasteiger partial charge < -0.3 is 4.42 Å². The summed E-state index contributed by atoms with van der Waals surface area (Å²) in [7, 11) is 0. The summed E-state index contributed by atoms with van der Waals surface area (Å²) in [5.41, 5.74) is 14.5. The van der Waals surface area contributed by atoms with Gasteiger partial charge in [-0.25, -0.2) is 0 Å². The molecule has 56 heavy (non-hydrogen) atoms. The van der Waals surface area contributed by atoms with Crippen LogP contribution in [0.4, 0.5) is 0 Å². The molecule has 1 heterocycles. The summed E-state index contributed by atoms with van der Waals surface area (Å²) >= 11 is 0. The summed E-state index contributed by atoms with van der Waals surface area (Å²) in [6.07, 6.45) is 0. The molecule has 0 unspecified atom stereocenters. The topological polar surface area (TPSA) is 13.1 Å². The van der Waals surface area contributed by atoms with E-state index < -0.39 is 0 Å². The molecule has 1 aliphatic carbocycles. The van der Waals surface area contributed by atoms with Gasteiger partial charge in [0.15, 0.2) is 0 Å². The molecule has 10 aromatic carbocycles. The summed E-state index contributed by atoms with van der Waals surface area (Å²) in [6, 6.07) is 67.0. The van der Waals surface area contributed by atoms with Crippen LogP contribution in [0.1, 0.15) is 25.0 Å². The zero-order valence-corrected chi connectivity index (χ0v) is 31.2. The maximum Gasteiger partial charge on any atom is 0.143 e. The molecule has 1 nitrogen and oxygen atoms in total. The molecule has 0 amide bonds. The molecular weight excluding hydrogens is 677 g/mol. The maximum absolute atomic E-state index is 6.90. The van der Waals surface area contributed by atoms with Gasteiger partial charge >= 0.3 is 0 Å². The third-order valence-electron chi connectivity index (χ3n) is 12.6. The Kier molecular flexibility index (Phi) is 6.46. The fraction of sp³-hybridized carbons (Fsp3) is 0.0545. The van der Waals surface area contributed by atoms with Gasteiger partial charge in [-0.15, -0.1) is 0 Å². The second-order valence-corrected chi connectivity index (χ2v) is 16.0. The van der Waals surface area contributed by atoms with Gasteiger partial charge in [0.2, 0.25) is 0 Å². The van der Waals surface area contributed by atoms with Crippen molar-refractivity contribution in [3.05, 3.63) is 193 Å². The molecule has 0 N–H and O–H groups in total. The number of hydrogen-bond donors (Lipinski definition) is 0. The standard InChI is InChI=1S/C55H36O/c1-55(2)47-22-12-11-21-44(47)52-51-45-30-29-34-14-5-6-16-39(34)54(45)56-48(51)32-46(53(52)55)35-24-26-36(27-25-35)49-40-17-7-9-19-42(40)50(43-20-10-8-18-41(43)49)38-28-23-33-13-3-4-15-37(33)31-38/h3-32H,1-2H3. The Balaban J connectivity index is 1.08. The predicted molar refractivity (Wildman–Crippen MR) is 238 cm³/mol. The van der Waals surface area contributed by atoms with E-state index in [0.29, 0.717) is 0 Å². The molecule has 0 spiro atoms. The highest BCUT2D eigenvalue weighted by atomic mass is 16.3. The Morgan fingerprint density at radius 2 is 0.911 bits per heavy atom. The Labute approximate surface area is 325 Å². The van der Waals surface area contributed by atoms with Crippen LogP contribution in [0.2, 0.25) is 0 Å². The Hall–Kier alpha value is -6.96. The molecule has 0 atom stereocenters. The maximum atomic E-state index is 6.90. The van der Waals surface area contributed by atoms with Crippen LogP contribution in [-0.2, 0) is 5.41 Å². The van der Waals surface area contributed by atoms with E-state index in [1.165, 1.54) is 104 Å². The summed E-state index contributed by atoms with van der Waals surface area (Å²) in [5, 5.41) is 12.3. The smallest absolute Gasteiger partial charge is 0.143 e. The molecule has 0 saturated heterocycles. The minimum atomic E-state index is -0.195. The van der Waals surface area contributed by atoms with Crippen molar-refractivity contribution in [2.75, 3.05) is 0 Å². The van der Waals surface area contributed by atoms with Crippen LogP contribution in [0, 0.1) is 0 Å². The Morgan fingerprint density at radius 3 is 1.62 bits per heavy atom. The van der Waals surface area contributed by atoms with Crippen LogP contribution in [0.3, 0.4) is 0 Å². The highest BCUT2D eigenvalue weighted by Crippen LogP contribution is 2.57. The molecule has 1 heteroatoms. The first-order valence-corrected chi connectivity index (χ1v) is 19.6. The summed E-state index contributed by atoms with van der Waals surface area (Å²) in [4.78, 5) is 0. The first-order chi connectivity index (χ1) is 27.5. The first-order valence-electron chi connectivity index (χ1n) is 19.6. The lowest BCUT2D eigenvalue weighted by atomic mass is 9.78. The first kappa shape index (κ1) is 31.4. The van der Waals surface area contributed by atoms with Crippen LogP contribution in [-0.4, -0.2) is 0 Å². The summed E-state index contributed by atoms with van der Waals surface area (Å²) in [6.45, 7) is 4.77. The van der Waals surface area contributed by atoms with Gasteiger partial charge in [0.1, 0.15) is 11.2 Å². The normalized spacial score (nSPS) is 13.3. The zero-order chi connectivity index (χ0) is 37.1. The van der Waals surface area contributed by atoms with E-state index in [0.717, 1.165) is 16.6 Å². The highest BCUT2D eigenvalue weighted by Gasteiger charge is 2.40. The van der Waals surface area contributed by atoms with Gasteiger partial charge in [0.05, 0.1) is 0 Å². The van der Waals surface area contributed by atoms with Crippen molar-refractivity contribution in [3.63, 3.8) is 0 Å². The average Bonchev–Trinajstić information content (AvgIpc) is 3.74. The van der Waals surface area contributed by atoms with Crippen molar-refractivity contribution in [1.29, 1.82) is 0 Å². The van der Waals surface area contributed by atoms with E-state index in [-0.39, 0.29) is 5.41 Å². The van der Waals surface area contributed by atoms with Gasteiger partial charge in [0.25, 0.3) is 0 Å². The van der Waals surface area contributed by atoms with Gasteiger partial charge in [-0.3, -0.25) is 0 Å². The minimum Gasteiger partial charge on any atom is -0.455 e. The number of furan rings is 1. The molecule has 0 saturated carbocycles. The number of rotatable bonds is 3. The molecule has 0 aliphatic heterocycles. The van der Waals surface area contributed by atoms with Crippen LogP contribution in [0.15, 0.2) is 186 Å². The van der Waals surface area contributed by atoms with Crippen molar-refractivity contribution in [3.8, 4) is 44.5 Å². The largest absolute Gasteiger partial charge is 0.455 e. The SMILES string of the molecule is CC1(C)c2ccccc2-c2c1c(-c1ccc(-c3c4ccccc4c(-c4ccc5ccccc5c4)c4ccccc34)cc1)cc1oc3c4ccccc4ccc3c21. The lowest BCUT2D eigenvalue weighted by Crippen LogP contribution is -2.16. The zero-order valence-electron chi connectivity index (χ0n) is 31.2. The quantitative estimate of drug-likeness (QED) is 0.166. The molecule has 1 aromatic heterocycles. The van der Waals surface area contributed by atoms with Gasteiger partial charge in [-0.1, -0.05) is 178 Å². The third-order valence-corrected chi connectivity index (χ3v) is 12.6. The van der Waals surface area contributed by atoms with Crippen molar-refractivity contribution < 1.29 is 4.42 Å². The fourth-order valence-electron chi connectivity index (χ4n) is 10.1.